The Morgan fingerprint density at radius 3 is 2.75 bits per heavy atom. The van der Waals surface area contributed by atoms with Crippen LogP contribution in [-0.2, 0) is 25.6 Å². The van der Waals surface area contributed by atoms with Crippen LogP contribution in [0, 0.1) is 0 Å². The Labute approximate surface area is 151 Å². The van der Waals surface area contributed by atoms with Gasteiger partial charge in [-0.1, -0.05) is 47.5 Å². The van der Waals surface area contributed by atoms with Crippen LogP contribution in [0.2, 0.25) is 0 Å². The van der Waals surface area contributed by atoms with Crippen LogP contribution in [0.25, 0.3) is 0 Å². The van der Waals surface area contributed by atoms with Gasteiger partial charge in [-0.2, -0.15) is 0 Å². The zero-order valence-electron chi connectivity index (χ0n) is 14.3. The van der Waals surface area contributed by atoms with E-state index in [1.165, 1.54) is 0 Å². The molecule has 134 valence electrons. The molecule has 0 radical (unpaired) electrons. The molecule has 5 nitrogen and oxygen atoms in total. The fourth-order valence-corrected chi connectivity index (χ4v) is 3.66. The molecule has 0 amide bonds. The van der Waals surface area contributed by atoms with E-state index in [1.54, 1.807) is 0 Å². The number of rotatable bonds is 6. The van der Waals surface area contributed by atoms with Gasteiger partial charge in [-0.3, -0.25) is 0 Å². The first-order valence-corrected chi connectivity index (χ1v) is 9.25. The first-order chi connectivity index (χ1) is 11.4. The highest BCUT2D eigenvalue weighted by Gasteiger charge is 2.56. The molecule has 6 heteroatoms. The highest BCUT2D eigenvalue weighted by molar-refractivity contribution is 9.10. The quantitative estimate of drug-likeness (QED) is 0.792. The maximum absolute atomic E-state index is 10.4. The molecule has 2 saturated heterocycles. The van der Waals surface area contributed by atoms with E-state index in [2.05, 4.69) is 15.9 Å². The number of hydrogen-bond donors (Lipinski definition) is 1. The van der Waals surface area contributed by atoms with Crippen molar-refractivity contribution in [1.82, 2.24) is 0 Å². The van der Waals surface area contributed by atoms with E-state index in [9.17, 15) is 5.11 Å². The maximum atomic E-state index is 10.4. The third-order valence-electron chi connectivity index (χ3n) is 4.38. The Balaban J connectivity index is 1.73. The first kappa shape index (κ1) is 18.3. The Hall–Kier alpha value is -0.500. The van der Waals surface area contributed by atoms with Gasteiger partial charge in [0.1, 0.15) is 18.3 Å². The molecule has 3 rings (SSSR count). The number of aliphatic hydroxyl groups is 1. The van der Waals surface area contributed by atoms with Crippen LogP contribution >= 0.6 is 15.9 Å². The van der Waals surface area contributed by atoms with Gasteiger partial charge >= 0.3 is 0 Å². The van der Waals surface area contributed by atoms with E-state index in [4.69, 9.17) is 18.9 Å². The molecule has 0 aliphatic carbocycles. The van der Waals surface area contributed by atoms with Crippen LogP contribution in [0.1, 0.15) is 39.2 Å². The highest BCUT2D eigenvalue weighted by Crippen LogP contribution is 2.40. The molecule has 2 aliphatic heterocycles. The monoisotopic (exact) mass is 400 g/mol. The average molecular weight is 401 g/mol. The third kappa shape index (κ3) is 3.84. The summed E-state index contributed by atoms with van der Waals surface area (Å²) in [7, 11) is 0. The minimum absolute atomic E-state index is 0.334. The smallest absolute Gasteiger partial charge is 0.190 e. The van der Waals surface area contributed by atoms with Crippen LogP contribution in [0.3, 0.4) is 0 Å². The van der Waals surface area contributed by atoms with E-state index in [-0.39, 0.29) is 12.2 Å². The summed E-state index contributed by atoms with van der Waals surface area (Å²) < 4.78 is 24.8. The van der Waals surface area contributed by atoms with E-state index in [1.807, 2.05) is 45.0 Å². The van der Waals surface area contributed by atoms with Gasteiger partial charge in [0.25, 0.3) is 0 Å². The fourth-order valence-electron chi connectivity index (χ4n) is 3.27. The normalized spacial score (nSPS) is 32.7. The lowest BCUT2D eigenvalue weighted by Crippen LogP contribution is -2.42. The number of ether oxygens (including phenoxy) is 4. The van der Waals surface area contributed by atoms with Crippen molar-refractivity contribution in [3.8, 4) is 0 Å². The molecule has 5 atom stereocenters. The van der Waals surface area contributed by atoms with Crippen molar-refractivity contribution in [3.05, 3.63) is 34.3 Å². The zero-order chi connectivity index (χ0) is 17.3. The SMILES string of the molecule is CCC[C@@H](O)[C@H]1O[C@@H]2OC(C)(C)O[C@@H]2[C@H]1OCc1ccccc1Br. The van der Waals surface area contributed by atoms with Crippen molar-refractivity contribution >= 4 is 15.9 Å². The molecule has 1 aromatic rings. The summed E-state index contributed by atoms with van der Waals surface area (Å²) in [5.74, 6) is -0.703. The second-order valence-electron chi connectivity index (χ2n) is 6.79. The standard InChI is InChI=1S/C18H25BrO5/c1-4-7-13(20)14-15(16-17(22-14)24-18(2,3)23-16)21-10-11-8-5-6-9-12(11)19/h5-6,8-9,13-17,20H,4,7,10H2,1-3H3/t13-,14-,15+,16-,17-/m1/s1. The minimum atomic E-state index is -0.703. The van der Waals surface area contributed by atoms with Crippen LogP contribution in [-0.4, -0.2) is 41.6 Å². The Morgan fingerprint density at radius 2 is 2.04 bits per heavy atom. The Kier molecular flexibility index (Phi) is 5.64. The fraction of sp³-hybridized carbons (Fsp3) is 0.667. The molecular formula is C18H25BrO5. The van der Waals surface area contributed by atoms with Crippen LogP contribution < -0.4 is 0 Å². The van der Waals surface area contributed by atoms with E-state index >= 15 is 0 Å². The van der Waals surface area contributed by atoms with Crippen molar-refractivity contribution in [2.75, 3.05) is 0 Å². The lowest BCUT2D eigenvalue weighted by molar-refractivity contribution is -0.230. The zero-order valence-corrected chi connectivity index (χ0v) is 15.9. The topological polar surface area (TPSA) is 57.2 Å². The Morgan fingerprint density at radius 1 is 1.29 bits per heavy atom. The van der Waals surface area contributed by atoms with Crippen molar-refractivity contribution in [3.63, 3.8) is 0 Å². The molecule has 0 saturated carbocycles. The number of halogens is 1. The maximum Gasteiger partial charge on any atom is 0.190 e. The predicted molar refractivity (Wildman–Crippen MR) is 92.3 cm³/mol. The third-order valence-corrected chi connectivity index (χ3v) is 5.15. The van der Waals surface area contributed by atoms with E-state index in [0.29, 0.717) is 13.0 Å². The molecule has 2 heterocycles. The number of aliphatic hydroxyl groups excluding tert-OH is 1. The van der Waals surface area contributed by atoms with Crippen LogP contribution in [0.4, 0.5) is 0 Å². The molecule has 0 bridgehead atoms. The summed E-state index contributed by atoms with van der Waals surface area (Å²) in [6.07, 6.45) is -0.716. The molecule has 0 spiro atoms. The molecule has 24 heavy (non-hydrogen) atoms. The van der Waals surface area contributed by atoms with Gasteiger partial charge in [0.05, 0.1) is 12.7 Å². The molecule has 2 aliphatic rings. The van der Waals surface area contributed by atoms with Crippen molar-refractivity contribution in [1.29, 1.82) is 0 Å². The Bertz CT molecular complexity index is 564. The van der Waals surface area contributed by atoms with E-state index in [0.717, 1.165) is 16.5 Å². The van der Waals surface area contributed by atoms with Crippen molar-refractivity contribution in [2.24, 2.45) is 0 Å². The van der Waals surface area contributed by atoms with Gasteiger partial charge in [-0.25, -0.2) is 0 Å². The van der Waals surface area contributed by atoms with Crippen LogP contribution in [0.5, 0.6) is 0 Å². The van der Waals surface area contributed by atoms with Crippen molar-refractivity contribution < 1.29 is 24.1 Å². The van der Waals surface area contributed by atoms with Gasteiger partial charge in [0.15, 0.2) is 12.1 Å². The highest BCUT2D eigenvalue weighted by atomic mass is 79.9. The second-order valence-corrected chi connectivity index (χ2v) is 7.65. The number of hydrogen-bond acceptors (Lipinski definition) is 5. The summed E-state index contributed by atoms with van der Waals surface area (Å²) in [5.41, 5.74) is 1.04. The summed E-state index contributed by atoms with van der Waals surface area (Å²) in [5, 5.41) is 10.4. The van der Waals surface area contributed by atoms with Gasteiger partial charge in [0, 0.05) is 4.47 Å². The van der Waals surface area contributed by atoms with Crippen LogP contribution in [0.15, 0.2) is 28.7 Å². The first-order valence-electron chi connectivity index (χ1n) is 8.45. The number of benzene rings is 1. The largest absolute Gasteiger partial charge is 0.390 e. The molecule has 1 aromatic carbocycles. The molecular weight excluding hydrogens is 376 g/mol. The van der Waals surface area contributed by atoms with Gasteiger partial charge < -0.3 is 24.1 Å². The van der Waals surface area contributed by atoms with E-state index < -0.39 is 24.3 Å². The second kappa shape index (κ2) is 7.40. The van der Waals surface area contributed by atoms with Gasteiger partial charge in [0.2, 0.25) is 0 Å². The molecule has 2 fully saturated rings. The lowest BCUT2D eigenvalue weighted by atomic mass is 10.0. The predicted octanol–water partition coefficient (Wildman–Crippen LogP) is 3.37. The average Bonchev–Trinajstić information content (AvgIpc) is 2.99. The summed E-state index contributed by atoms with van der Waals surface area (Å²) >= 11 is 3.53. The van der Waals surface area contributed by atoms with Crippen molar-refractivity contribution in [2.45, 2.75) is 76.7 Å². The molecule has 0 aromatic heterocycles. The minimum Gasteiger partial charge on any atom is -0.390 e. The van der Waals surface area contributed by atoms with Gasteiger partial charge in [-0.15, -0.1) is 0 Å². The molecule has 1 N–H and O–H groups in total. The summed E-state index contributed by atoms with van der Waals surface area (Å²) in [6.45, 7) is 6.16. The molecule has 0 unspecified atom stereocenters. The number of fused-ring (bicyclic) bond motifs is 1. The van der Waals surface area contributed by atoms with Gasteiger partial charge in [-0.05, 0) is 31.9 Å². The lowest BCUT2D eigenvalue weighted by Gasteiger charge is -2.28. The summed E-state index contributed by atoms with van der Waals surface area (Å²) in [4.78, 5) is 0. The summed E-state index contributed by atoms with van der Waals surface area (Å²) in [6, 6.07) is 7.92.